The van der Waals surface area contributed by atoms with E-state index in [0.717, 1.165) is 0 Å². The summed E-state index contributed by atoms with van der Waals surface area (Å²) in [5.41, 5.74) is 5.79. The third-order valence-corrected chi connectivity index (χ3v) is 3.01. The lowest BCUT2D eigenvalue weighted by molar-refractivity contribution is -0.116. The molecular weight excluding hydrogens is 349 g/mol. The van der Waals surface area contributed by atoms with E-state index in [1.54, 1.807) is 23.7 Å². The molecule has 2 rings (SSSR count). The lowest BCUT2D eigenvalue weighted by Crippen LogP contribution is -2.21. The highest BCUT2D eigenvalue weighted by atomic mass is 35.5. The second-order valence-corrected chi connectivity index (χ2v) is 4.67. The number of carbonyl (C=O) groups is 2. The molecule has 2 aromatic rings. The minimum atomic E-state index is -0.427. The van der Waals surface area contributed by atoms with E-state index in [0.29, 0.717) is 10.8 Å². The third-order valence-electron chi connectivity index (χ3n) is 2.32. The zero-order valence-electron chi connectivity index (χ0n) is 11.3. The van der Waals surface area contributed by atoms with E-state index in [9.17, 15) is 9.59 Å². The molecule has 2 heterocycles. The quantitative estimate of drug-likeness (QED) is 0.751. The fraction of sp³-hybridized carbons (Fsp3) is 0.167. The largest absolute Gasteiger partial charge is 0.330 e. The van der Waals surface area contributed by atoms with Crippen molar-refractivity contribution in [2.24, 2.45) is 5.73 Å². The molecule has 0 aliphatic heterocycles. The van der Waals surface area contributed by atoms with Gasteiger partial charge in [0, 0.05) is 30.7 Å². The van der Waals surface area contributed by atoms with E-state index in [1.807, 2.05) is 0 Å². The molecule has 0 radical (unpaired) electrons. The van der Waals surface area contributed by atoms with E-state index in [2.05, 4.69) is 20.6 Å². The van der Waals surface area contributed by atoms with E-state index in [4.69, 9.17) is 5.73 Å². The molecular formula is C12H15Cl2N5O2S. The number of amides is 2. The van der Waals surface area contributed by atoms with Gasteiger partial charge in [0.2, 0.25) is 5.91 Å². The van der Waals surface area contributed by atoms with Crippen LogP contribution in [0.2, 0.25) is 0 Å². The number of thiazole rings is 1. The summed E-state index contributed by atoms with van der Waals surface area (Å²) in [5, 5.41) is 7.45. The van der Waals surface area contributed by atoms with Gasteiger partial charge in [-0.05, 0) is 12.1 Å². The van der Waals surface area contributed by atoms with Gasteiger partial charge in [-0.3, -0.25) is 14.9 Å². The fourth-order valence-corrected chi connectivity index (χ4v) is 2.00. The van der Waals surface area contributed by atoms with Crippen molar-refractivity contribution >= 4 is 58.8 Å². The number of hydrogen-bond acceptors (Lipinski definition) is 6. The highest BCUT2D eigenvalue weighted by molar-refractivity contribution is 7.13. The van der Waals surface area contributed by atoms with Gasteiger partial charge in [-0.25, -0.2) is 9.97 Å². The highest BCUT2D eigenvalue weighted by Crippen LogP contribution is 2.16. The first-order valence-electron chi connectivity index (χ1n) is 5.86. The number of rotatable bonds is 5. The van der Waals surface area contributed by atoms with Gasteiger partial charge in [-0.1, -0.05) is 0 Å². The molecule has 0 saturated heterocycles. The molecule has 0 fully saturated rings. The summed E-state index contributed by atoms with van der Waals surface area (Å²) >= 11 is 1.30. The van der Waals surface area contributed by atoms with Crippen LogP contribution in [0, 0.1) is 0 Å². The average Bonchev–Trinajstić information content (AvgIpc) is 2.92. The van der Waals surface area contributed by atoms with Crippen molar-refractivity contribution in [3.8, 4) is 0 Å². The Bertz CT molecular complexity index is 609. The molecule has 0 spiro atoms. The lowest BCUT2D eigenvalue weighted by Gasteiger charge is -2.09. The fourth-order valence-electron chi connectivity index (χ4n) is 1.47. The predicted molar refractivity (Wildman–Crippen MR) is 91.1 cm³/mol. The Morgan fingerprint density at radius 1 is 1.18 bits per heavy atom. The zero-order valence-corrected chi connectivity index (χ0v) is 13.8. The maximum Gasteiger partial charge on any atom is 0.278 e. The maximum atomic E-state index is 12.1. The number of halogens is 2. The number of hydrogen-bond donors (Lipinski definition) is 3. The van der Waals surface area contributed by atoms with Crippen molar-refractivity contribution in [2.45, 2.75) is 6.42 Å². The molecule has 2 aromatic heterocycles. The molecule has 0 aromatic carbocycles. The molecule has 7 nitrogen and oxygen atoms in total. The molecule has 2 amide bonds. The van der Waals surface area contributed by atoms with E-state index in [-0.39, 0.29) is 49.4 Å². The molecule has 0 unspecified atom stereocenters. The second-order valence-electron chi connectivity index (χ2n) is 3.78. The Labute approximate surface area is 143 Å². The van der Waals surface area contributed by atoms with Crippen molar-refractivity contribution in [1.29, 1.82) is 0 Å². The van der Waals surface area contributed by atoms with Crippen LogP contribution < -0.4 is 16.4 Å². The van der Waals surface area contributed by atoms with Crippen molar-refractivity contribution in [3.05, 3.63) is 35.6 Å². The standard InChI is InChI=1S/C12H13N5O2S.2ClH/c13-4-3-9(18)16-8-2-1-5-14-10(8)11(19)17-12-15-6-7-20-12;;/h1-2,5-7H,3-4,13H2,(H,16,18)(H,15,17,19);2*1H. The van der Waals surface area contributed by atoms with Crippen LogP contribution in [0.5, 0.6) is 0 Å². The lowest BCUT2D eigenvalue weighted by atomic mass is 10.2. The monoisotopic (exact) mass is 363 g/mol. The summed E-state index contributed by atoms with van der Waals surface area (Å²) in [5.74, 6) is -0.688. The number of anilines is 2. The van der Waals surface area contributed by atoms with Gasteiger partial charge in [-0.15, -0.1) is 36.2 Å². The molecule has 0 aliphatic rings. The number of pyridine rings is 1. The van der Waals surface area contributed by atoms with Crippen LogP contribution in [0.4, 0.5) is 10.8 Å². The van der Waals surface area contributed by atoms with Gasteiger partial charge in [0.05, 0.1) is 5.69 Å². The topological polar surface area (TPSA) is 110 Å². The first-order chi connectivity index (χ1) is 9.70. The summed E-state index contributed by atoms with van der Waals surface area (Å²) in [6, 6.07) is 3.25. The smallest absolute Gasteiger partial charge is 0.278 e. The number of nitrogens with one attached hydrogen (secondary N) is 2. The van der Waals surface area contributed by atoms with E-state index in [1.165, 1.54) is 17.5 Å². The summed E-state index contributed by atoms with van der Waals surface area (Å²) < 4.78 is 0. The van der Waals surface area contributed by atoms with Crippen molar-refractivity contribution < 1.29 is 9.59 Å². The summed E-state index contributed by atoms with van der Waals surface area (Å²) in [6.07, 6.45) is 3.25. The molecule has 10 heteroatoms. The van der Waals surface area contributed by atoms with Gasteiger partial charge in [0.25, 0.3) is 5.91 Å². The Morgan fingerprint density at radius 3 is 2.59 bits per heavy atom. The normalized spacial score (nSPS) is 9.14. The number of carbonyl (C=O) groups excluding carboxylic acids is 2. The van der Waals surface area contributed by atoms with Crippen LogP contribution >= 0.6 is 36.2 Å². The molecule has 120 valence electrons. The Morgan fingerprint density at radius 2 is 1.95 bits per heavy atom. The van der Waals surface area contributed by atoms with Crippen LogP contribution in [-0.4, -0.2) is 28.3 Å². The van der Waals surface area contributed by atoms with Crippen molar-refractivity contribution in [2.75, 3.05) is 17.2 Å². The second kappa shape index (κ2) is 10.1. The first-order valence-corrected chi connectivity index (χ1v) is 6.74. The Hall–Kier alpha value is -1.74. The van der Waals surface area contributed by atoms with Gasteiger partial charge >= 0.3 is 0 Å². The Balaban J connectivity index is 0.00000220. The van der Waals surface area contributed by atoms with Gasteiger partial charge in [0.15, 0.2) is 10.8 Å². The van der Waals surface area contributed by atoms with E-state index < -0.39 is 5.91 Å². The minimum Gasteiger partial charge on any atom is -0.330 e. The highest BCUT2D eigenvalue weighted by Gasteiger charge is 2.15. The van der Waals surface area contributed by atoms with Crippen LogP contribution in [0.25, 0.3) is 0 Å². The molecule has 0 aliphatic carbocycles. The average molecular weight is 364 g/mol. The molecule has 4 N–H and O–H groups in total. The zero-order chi connectivity index (χ0) is 14.4. The third kappa shape index (κ3) is 5.57. The van der Waals surface area contributed by atoms with Crippen LogP contribution in [0.3, 0.4) is 0 Å². The minimum absolute atomic E-state index is 0. The van der Waals surface area contributed by atoms with E-state index >= 15 is 0 Å². The first kappa shape index (κ1) is 20.3. The summed E-state index contributed by atoms with van der Waals surface area (Å²) in [6.45, 7) is 0.243. The SMILES string of the molecule is Cl.Cl.NCCC(=O)Nc1cccnc1C(=O)Nc1nccs1. The van der Waals surface area contributed by atoms with Crippen LogP contribution in [0.15, 0.2) is 29.9 Å². The van der Waals surface area contributed by atoms with Gasteiger partial charge in [0.1, 0.15) is 0 Å². The molecule has 0 saturated carbocycles. The predicted octanol–water partition coefficient (Wildman–Crippen LogP) is 1.92. The molecule has 0 atom stereocenters. The van der Waals surface area contributed by atoms with Crippen LogP contribution in [0.1, 0.15) is 16.9 Å². The Kier molecular flexibility index (Phi) is 9.27. The number of nitrogens with two attached hydrogens (primary N) is 1. The maximum absolute atomic E-state index is 12.1. The number of nitrogens with zero attached hydrogens (tertiary/aromatic N) is 2. The molecule has 22 heavy (non-hydrogen) atoms. The van der Waals surface area contributed by atoms with Crippen LogP contribution in [-0.2, 0) is 4.79 Å². The van der Waals surface area contributed by atoms with Crippen molar-refractivity contribution in [3.63, 3.8) is 0 Å². The summed E-state index contributed by atoms with van der Waals surface area (Å²) in [4.78, 5) is 31.6. The van der Waals surface area contributed by atoms with Gasteiger partial charge < -0.3 is 11.1 Å². The molecule has 0 bridgehead atoms. The summed E-state index contributed by atoms with van der Waals surface area (Å²) in [7, 11) is 0. The van der Waals surface area contributed by atoms with Gasteiger partial charge in [-0.2, -0.15) is 0 Å². The number of aromatic nitrogens is 2. The van der Waals surface area contributed by atoms with Crippen molar-refractivity contribution in [1.82, 2.24) is 9.97 Å².